The third-order valence-electron chi connectivity index (χ3n) is 5.91. The Labute approximate surface area is 266 Å². The highest BCUT2D eigenvalue weighted by Gasteiger charge is 2.63. The van der Waals surface area contributed by atoms with Gasteiger partial charge in [-0.15, -0.1) is 0 Å². The predicted octanol–water partition coefficient (Wildman–Crippen LogP) is 0.739. The van der Waals surface area contributed by atoms with Gasteiger partial charge in [-0.3, -0.25) is 0 Å². The molecule has 288 valence electrons. The van der Waals surface area contributed by atoms with Gasteiger partial charge < -0.3 is 13.6 Å². The number of ether oxygens (including phenoxy) is 2. The Morgan fingerprint density at radius 3 is 1.06 bits per heavy atom. The van der Waals surface area contributed by atoms with E-state index >= 15 is 0 Å². The van der Waals surface area contributed by atoms with Gasteiger partial charge in [0.25, 0.3) is 13.8 Å². The summed E-state index contributed by atoms with van der Waals surface area (Å²) in [6.07, 6.45) is 0.161. The molecule has 0 N–H and O–H groups in total. The van der Waals surface area contributed by atoms with E-state index in [0.717, 1.165) is 0 Å². The van der Waals surface area contributed by atoms with Crippen molar-refractivity contribution in [2.24, 2.45) is 0 Å². The van der Waals surface area contributed by atoms with E-state index in [2.05, 4.69) is 13.6 Å². The first-order valence-corrected chi connectivity index (χ1v) is 20.2. The Hall–Kier alpha value is -1.22. The molecule has 0 aromatic heterocycles. The molecule has 0 saturated carbocycles. The Morgan fingerprint density at radius 2 is 0.875 bits per heavy atom. The molecule has 4 rings (SSSR count). The molecule has 4 fully saturated rings. The summed E-state index contributed by atoms with van der Waals surface area (Å²) in [5, 5.41) is 0. The lowest BCUT2D eigenvalue weighted by Gasteiger charge is -2.37. The van der Waals surface area contributed by atoms with Crippen molar-refractivity contribution in [2.45, 2.75) is 40.0 Å². The second-order valence-electron chi connectivity index (χ2n) is 9.78. The molecular formula is C17H25F11N3O12S5-. The van der Waals surface area contributed by atoms with Crippen molar-refractivity contribution in [3.63, 3.8) is 0 Å². The lowest BCUT2D eigenvalue weighted by atomic mass is 10.4. The van der Waals surface area contributed by atoms with Crippen LogP contribution in [0.2, 0.25) is 0 Å². The molecule has 15 nitrogen and oxygen atoms in total. The van der Waals surface area contributed by atoms with Crippen LogP contribution in [0.1, 0.15) is 6.42 Å². The van der Waals surface area contributed by atoms with Crippen molar-refractivity contribution < 1.29 is 99.9 Å². The molecule has 4 heterocycles. The highest BCUT2D eigenvalue weighted by Crippen LogP contribution is 2.36. The summed E-state index contributed by atoms with van der Waals surface area (Å²) in [7, 11) is -21.9. The molecular weight excluding hydrogens is 808 g/mol. The third-order valence-corrected chi connectivity index (χ3v) is 18.5. The van der Waals surface area contributed by atoms with Crippen LogP contribution in [0.4, 0.5) is 48.3 Å². The van der Waals surface area contributed by atoms with Gasteiger partial charge in [-0.05, 0) is 20.5 Å². The minimum absolute atomic E-state index is 0.147. The Bertz CT molecular complexity index is 1570. The van der Waals surface area contributed by atoms with Gasteiger partial charge >= 0.3 is 29.7 Å². The fourth-order valence-corrected chi connectivity index (χ4v) is 15.6. The SMILES string of the molecule is CN1C(F)(F)COCC1(F)F.CN1C(F)(F)COCC1(F)F.O=S1(=O)CCCS(=O)(=O)[N-]1.O=S1(=O)CCS(=O)(=O)C1S(=O)(=O)C(F)(F)F. The molecule has 4 aliphatic heterocycles. The largest absolute Gasteiger partial charge is 0.499 e. The maximum absolute atomic E-state index is 12.4. The summed E-state index contributed by atoms with van der Waals surface area (Å²) < 4.78 is 251. The molecule has 0 amide bonds. The molecule has 48 heavy (non-hydrogen) atoms. The van der Waals surface area contributed by atoms with E-state index in [-0.39, 0.29) is 27.7 Å². The monoisotopic (exact) mass is 832 g/mol. The Morgan fingerprint density at radius 1 is 0.604 bits per heavy atom. The Kier molecular flexibility index (Phi) is 13.5. The quantitative estimate of drug-likeness (QED) is 0.264. The van der Waals surface area contributed by atoms with Crippen molar-refractivity contribution in [1.29, 1.82) is 0 Å². The molecule has 4 saturated heterocycles. The highest BCUT2D eigenvalue weighted by atomic mass is 32.3. The van der Waals surface area contributed by atoms with Gasteiger partial charge in [-0.1, -0.05) is 0 Å². The molecule has 0 aliphatic carbocycles. The van der Waals surface area contributed by atoms with E-state index in [1.54, 1.807) is 0 Å². The lowest BCUT2D eigenvalue weighted by Crippen LogP contribution is -2.58. The first-order valence-electron chi connectivity index (χ1n) is 12.0. The van der Waals surface area contributed by atoms with Gasteiger partial charge in [0, 0.05) is 11.5 Å². The van der Waals surface area contributed by atoms with Gasteiger partial charge in [0.05, 0.1) is 31.6 Å². The fraction of sp³-hybridized carbons (Fsp3) is 1.00. The van der Waals surface area contributed by atoms with Crippen LogP contribution in [0.25, 0.3) is 4.13 Å². The number of halogens is 11. The van der Waals surface area contributed by atoms with Crippen molar-refractivity contribution in [1.82, 2.24) is 9.80 Å². The number of nitrogens with zero attached hydrogens (tertiary/aromatic N) is 3. The van der Waals surface area contributed by atoms with E-state index < -0.39 is 121 Å². The van der Waals surface area contributed by atoms with Gasteiger partial charge in [0.15, 0.2) is 19.7 Å². The molecule has 0 spiro atoms. The fourth-order valence-electron chi connectivity index (χ4n) is 3.27. The number of hydrogen-bond acceptors (Lipinski definition) is 14. The average molecular weight is 833 g/mol. The maximum atomic E-state index is 12.4. The Balaban J connectivity index is 0.000000326. The highest BCUT2D eigenvalue weighted by molar-refractivity contribution is 8.26. The van der Waals surface area contributed by atoms with E-state index in [9.17, 15) is 90.4 Å². The summed E-state index contributed by atoms with van der Waals surface area (Å²) in [5.41, 5.74) is -5.91. The molecule has 0 bridgehead atoms. The molecule has 0 unspecified atom stereocenters. The van der Waals surface area contributed by atoms with E-state index in [0.29, 0.717) is 14.1 Å². The number of sulfonamides is 2. The molecule has 0 atom stereocenters. The summed E-state index contributed by atoms with van der Waals surface area (Å²) in [6.45, 7) is -3.89. The summed E-state index contributed by atoms with van der Waals surface area (Å²) in [4.78, 5) is -0.549. The maximum Gasteiger partial charge on any atom is 0.499 e. The third kappa shape index (κ3) is 11.4. The number of likely N-dealkylation sites (N-methyl/N-ethyl adjacent to an activating group) is 2. The van der Waals surface area contributed by atoms with Crippen molar-refractivity contribution in [3.8, 4) is 0 Å². The van der Waals surface area contributed by atoms with Crippen LogP contribution in [0, 0.1) is 0 Å². The normalized spacial score (nSPS) is 28.6. The van der Waals surface area contributed by atoms with Crippen LogP contribution in [0.3, 0.4) is 0 Å². The number of sulfone groups is 3. The van der Waals surface area contributed by atoms with E-state index in [1.165, 1.54) is 0 Å². The standard InChI is InChI=1S/2C5H7F4NO.C4H5F3O6S3.C3H6NO4S2/c2*1-10-4(6,7)2-11-3-5(10,8)9;5-4(6,7)16(12,13)3-14(8,9)1-2-15(3,10)11;5-9(6)2-1-3-10(7,8)4-9/h2*2-3H2,1H3;3H,1-2H2;1-3H2/q;;;-1. The van der Waals surface area contributed by atoms with Crippen LogP contribution in [0.15, 0.2) is 0 Å². The van der Waals surface area contributed by atoms with Crippen LogP contribution < -0.4 is 0 Å². The number of alkyl halides is 11. The van der Waals surface area contributed by atoms with Crippen LogP contribution in [0.5, 0.6) is 0 Å². The topological polar surface area (TPSA) is 210 Å². The zero-order valence-corrected chi connectivity index (χ0v) is 28.0. The second-order valence-corrected chi connectivity index (χ2v) is 20.9. The molecule has 31 heteroatoms. The first-order chi connectivity index (χ1) is 21.0. The zero-order valence-electron chi connectivity index (χ0n) is 23.9. The number of rotatable bonds is 1. The van der Waals surface area contributed by atoms with Gasteiger partial charge in [0.1, 0.15) is 26.4 Å². The minimum atomic E-state index is -6.27. The smallest absolute Gasteiger partial charge is 0.436 e. The van der Waals surface area contributed by atoms with E-state index in [4.69, 9.17) is 0 Å². The van der Waals surface area contributed by atoms with Crippen LogP contribution >= 0.6 is 0 Å². The number of hydrogen-bond donors (Lipinski definition) is 0. The number of morpholine rings is 2. The average Bonchev–Trinajstić information content (AvgIpc) is 3.07. The summed E-state index contributed by atoms with van der Waals surface area (Å²) in [5.74, 6) is -2.52. The van der Waals surface area contributed by atoms with Crippen molar-refractivity contribution >= 4 is 49.6 Å². The second kappa shape index (κ2) is 14.4. The molecule has 0 aromatic carbocycles. The van der Waals surface area contributed by atoms with Gasteiger partial charge in [0.2, 0.25) is 0 Å². The van der Waals surface area contributed by atoms with Crippen molar-refractivity contribution in [3.05, 3.63) is 4.13 Å². The van der Waals surface area contributed by atoms with Crippen LogP contribution in [-0.4, -0.2) is 149 Å². The molecule has 0 radical (unpaired) electrons. The predicted molar refractivity (Wildman–Crippen MR) is 139 cm³/mol. The molecule has 4 aliphatic rings. The summed E-state index contributed by atoms with van der Waals surface area (Å²) in [6, 6.07) is -14.3. The molecule has 0 aromatic rings. The van der Waals surface area contributed by atoms with Crippen LogP contribution in [-0.2, 0) is 59.0 Å². The van der Waals surface area contributed by atoms with Crippen molar-refractivity contribution in [2.75, 3.05) is 63.5 Å². The lowest BCUT2D eigenvalue weighted by molar-refractivity contribution is -0.333. The van der Waals surface area contributed by atoms with E-state index in [1.807, 2.05) is 0 Å². The first kappa shape index (κ1) is 44.8. The zero-order chi connectivity index (χ0) is 38.2. The van der Waals surface area contributed by atoms with Gasteiger partial charge in [-0.25, -0.2) is 42.1 Å². The van der Waals surface area contributed by atoms with Gasteiger partial charge in [-0.2, -0.15) is 58.1 Å². The summed E-state index contributed by atoms with van der Waals surface area (Å²) >= 11 is 0. The minimum Gasteiger partial charge on any atom is -0.436 e.